The normalized spacial score (nSPS) is 10.6. The number of pyridine rings is 1. The first-order valence-electron chi connectivity index (χ1n) is 4.54. The van der Waals surface area contributed by atoms with Crippen LogP contribution in [0.4, 0.5) is 5.69 Å². The molecule has 0 bridgehead atoms. The van der Waals surface area contributed by atoms with Gasteiger partial charge in [0, 0.05) is 18.0 Å². The molecule has 2 nitrogen and oxygen atoms in total. The van der Waals surface area contributed by atoms with E-state index in [1.54, 1.807) is 18.3 Å². The molecule has 0 unspecified atom stereocenters. The van der Waals surface area contributed by atoms with Gasteiger partial charge >= 0.3 is 0 Å². The zero-order valence-corrected chi connectivity index (χ0v) is 11.4. The molecule has 88 valence electrons. The summed E-state index contributed by atoms with van der Waals surface area (Å²) < 4.78 is 0. The van der Waals surface area contributed by atoms with E-state index in [1.807, 2.05) is 0 Å². The molecule has 0 fully saturated rings. The molecule has 0 radical (unpaired) electrons. The molecule has 2 aromatic rings. The number of rotatable bonds is 1. The van der Waals surface area contributed by atoms with E-state index in [4.69, 9.17) is 52.1 Å². The molecule has 0 aliphatic carbocycles. The van der Waals surface area contributed by atoms with E-state index in [0.717, 1.165) is 5.56 Å². The first kappa shape index (κ1) is 12.8. The van der Waals surface area contributed by atoms with Crippen LogP contribution in [0.1, 0.15) is 0 Å². The van der Waals surface area contributed by atoms with Crippen LogP contribution >= 0.6 is 46.4 Å². The number of nitrogen functional groups attached to an aromatic ring is 1. The highest BCUT2D eigenvalue weighted by atomic mass is 35.5. The fourth-order valence-electron chi connectivity index (χ4n) is 1.39. The van der Waals surface area contributed by atoms with Crippen LogP contribution in [0.15, 0.2) is 24.5 Å². The maximum absolute atomic E-state index is 5.95. The molecule has 6 heteroatoms. The maximum atomic E-state index is 5.95. The second kappa shape index (κ2) is 4.91. The van der Waals surface area contributed by atoms with Gasteiger partial charge in [0.2, 0.25) is 0 Å². The average molecular weight is 308 g/mol. The minimum absolute atomic E-state index is 0.311. The highest BCUT2D eigenvalue weighted by molar-refractivity contribution is 6.48. The minimum atomic E-state index is 0.311. The number of halogens is 4. The topological polar surface area (TPSA) is 38.9 Å². The molecule has 0 aliphatic heterocycles. The number of nitrogens with two attached hydrogens (primary N) is 1. The number of hydrogen-bond acceptors (Lipinski definition) is 2. The number of benzene rings is 1. The fraction of sp³-hybridized carbons (Fsp3) is 0. The third-order valence-electron chi connectivity index (χ3n) is 2.23. The van der Waals surface area contributed by atoms with Crippen molar-refractivity contribution in [3.63, 3.8) is 0 Å². The summed E-state index contributed by atoms with van der Waals surface area (Å²) in [6, 6.07) is 3.33. The van der Waals surface area contributed by atoms with Crippen molar-refractivity contribution < 1.29 is 0 Å². The van der Waals surface area contributed by atoms with Crippen LogP contribution in [0.3, 0.4) is 0 Å². The summed E-state index contributed by atoms with van der Waals surface area (Å²) in [7, 11) is 0. The SMILES string of the molecule is Nc1c(Cl)cncc1-c1cc(Cl)c(Cl)c(Cl)c1. The van der Waals surface area contributed by atoms with Crippen LogP contribution in [0, 0.1) is 0 Å². The molecule has 1 aromatic heterocycles. The standard InChI is InChI=1S/C11H6Cl4N2/c12-7-1-5(2-8(13)10(7)15)6-3-17-4-9(14)11(6)16/h1-4H,(H2,16,17). The van der Waals surface area contributed by atoms with Crippen LogP contribution < -0.4 is 5.73 Å². The summed E-state index contributed by atoms with van der Waals surface area (Å²) >= 11 is 23.7. The molecule has 17 heavy (non-hydrogen) atoms. The van der Waals surface area contributed by atoms with E-state index < -0.39 is 0 Å². The largest absolute Gasteiger partial charge is 0.397 e. The molecule has 0 atom stereocenters. The Hall–Kier alpha value is -0.670. The van der Waals surface area contributed by atoms with Gasteiger partial charge in [-0.1, -0.05) is 46.4 Å². The van der Waals surface area contributed by atoms with Crippen molar-refractivity contribution in [1.29, 1.82) is 0 Å². The van der Waals surface area contributed by atoms with Crippen LogP contribution in [0.2, 0.25) is 20.1 Å². The van der Waals surface area contributed by atoms with Crippen LogP contribution in [0.5, 0.6) is 0 Å². The van der Waals surface area contributed by atoms with Gasteiger partial charge < -0.3 is 5.73 Å². The summed E-state index contributed by atoms with van der Waals surface area (Å²) in [5, 5.41) is 1.40. The molecular formula is C11H6Cl4N2. The summed E-state index contributed by atoms with van der Waals surface area (Å²) in [5.74, 6) is 0. The van der Waals surface area contributed by atoms with Crippen molar-refractivity contribution in [2.75, 3.05) is 5.73 Å². The van der Waals surface area contributed by atoms with E-state index in [0.29, 0.717) is 31.3 Å². The molecular weight excluding hydrogens is 302 g/mol. The van der Waals surface area contributed by atoms with Crippen molar-refractivity contribution in [2.45, 2.75) is 0 Å². The predicted molar refractivity (Wildman–Crippen MR) is 74.1 cm³/mol. The van der Waals surface area contributed by atoms with Gasteiger partial charge in [0.25, 0.3) is 0 Å². The van der Waals surface area contributed by atoms with Gasteiger partial charge in [-0.15, -0.1) is 0 Å². The Kier molecular flexibility index (Phi) is 3.69. The van der Waals surface area contributed by atoms with Gasteiger partial charge in [-0.3, -0.25) is 4.98 Å². The minimum Gasteiger partial charge on any atom is -0.397 e. The lowest BCUT2D eigenvalue weighted by molar-refractivity contribution is 1.33. The first-order chi connectivity index (χ1) is 8.00. The summed E-state index contributed by atoms with van der Waals surface area (Å²) in [4.78, 5) is 3.97. The molecule has 0 aliphatic rings. The fourth-order valence-corrected chi connectivity index (χ4v) is 2.14. The molecule has 2 rings (SSSR count). The van der Waals surface area contributed by atoms with E-state index in [-0.39, 0.29) is 0 Å². The number of hydrogen-bond donors (Lipinski definition) is 1. The van der Waals surface area contributed by atoms with E-state index in [1.165, 1.54) is 6.20 Å². The van der Waals surface area contributed by atoms with Gasteiger partial charge in [0.1, 0.15) is 0 Å². The number of aromatic nitrogens is 1. The molecule has 0 saturated carbocycles. The molecule has 0 amide bonds. The van der Waals surface area contributed by atoms with Crippen molar-refractivity contribution in [2.24, 2.45) is 0 Å². The average Bonchev–Trinajstić information content (AvgIpc) is 2.29. The zero-order valence-electron chi connectivity index (χ0n) is 8.35. The lowest BCUT2D eigenvalue weighted by Crippen LogP contribution is -1.93. The van der Waals surface area contributed by atoms with Crippen LogP contribution in [-0.2, 0) is 0 Å². The van der Waals surface area contributed by atoms with Crippen LogP contribution in [-0.4, -0.2) is 4.98 Å². The quantitative estimate of drug-likeness (QED) is 0.757. The Balaban J connectivity index is 2.65. The van der Waals surface area contributed by atoms with Gasteiger partial charge in [-0.2, -0.15) is 0 Å². The van der Waals surface area contributed by atoms with E-state index in [2.05, 4.69) is 4.98 Å². The Morgan fingerprint density at radius 1 is 0.882 bits per heavy atom. The smallest absolute Gasteiger partial charge is 0.0824 e. The van der Waals surface area contributed by atoms with Gasteiger partial charge in [-0.25, -0.2) is 0 Å². The Bertz CT molecular complexity index is 561. The number of anilines is 1. The number of nitrogens with zero attached hydrogens (tertiary/aromatic N) is 1. The van der Waals surface area contributed by atoms with E-state index >= 15 is 0 Å². The zero-order chi connectivity index (χ0) is 12.6. The second-order valence-corrected chi connectivity index (χ2v) is 4.94. The molecule has 0 saturated heterocycles. The lowest BCUT2D eigenvalue weighted by atomic mass is 10.1. The van der Waals surface area contributed by atoms with Crippen molar-refractivity contribution in [3.05, 3.63) is 44.6 Å². The Morgan fingerprint density at radius 3 is 2.06 bits per heavy atom. The highest BCUT2D eigenvalue weighted by Crippen LogP contribution is 2.37. The predicted octanol–water partition coefficient (Wildman–Crippen LogP) is 4.94. The highest BCUT2D eigenvalue weighted by Gasteiger charge is 2.11. The van der Waals surface area contributed by atoms with Gasteiger partial charge in [0.15, 0.2) is 0 Å². The van der Waals surface area contributed by atoms with Crippen molar-refractivity contribution in [1.82, 2.24) is 4.98 Å². The summed E-state index contributed by atoms with van der Waals surface area (Å²) in [6.07, 6.45) is 3.07. The van der Waals surface area contributed by atoms with Gasteiger partial charge in [-0.05, 0) is 17.7 Å². The molecule has 1 aromatic carbocycles. The lowest BCUT2D eigenvalue weighted by Gasteiger charge is -2.08. The maximum Gasteiger partial charge on any atom is 0.0824 e. The Morgan fingerprint density at radius 2 is 1.47 bits per heavy atom. The van der Waals surface area contributed by atoms with Gasteiger partial charge in [0.05, 0.1) is 25.8 Å². The molecule has 1 heterocycles. The molecule has 0 spiro atoms. The summed E-state index contributed by atoms with van der Waals surface area (Å²) in [6.45, 7) is 0. The first-order valence-corrected chi connectivity index (χ1v) is 6.05. The van der Waals surface area contributed by atoms with E-state index in [9.17, 15) is 0 Å². The monoisotopic (exact) mass is 306 g/mol. The van der Waals surface area contributed by atoms with Crippen molar-refractivity contribution >= 4 is 52.1 Å². The summed E-state index contributed by atoms with van der Waals surface area (Å²) in [5.41, 5.74) is 7.67. The second-order valence-electron chi connectivity index (χ2n) is 3.34. The molecule has 2 N–H and O–H groups in total. The van der Waals surface area contributed by atoms with Crippen LogP contribution in [0.25, 0.3) is 11.1 Å². The Labute approximate surface area is 118 Å². The third kappa shape index (κ3) is 2.45. The van der Waals surface area contributed by atoms with Crippen molar-refractivity contribution in [3.8, 4) is 11.1 Å². The third-order valence-corrected chi connectivity index (χ3v) is 3.73.